The molecule has 1 saturated heterocycles. The van der Waals surface area contributed by atoms with Crippen LogP contribution in [0, 0.1) is 11.3 Å². The fraction of sp³-hybridized carbons (Fsp3) is 0.529. The number of benzene rings is 1. The molecule has 1 aromatic carbocycles. The largest absolute Gasteiger partial charge is 0.326 e. The highest BCUT2D eigenvalue weighted by Crippen LogP contribution is 2.44. The number of halogens is 2. The van der Waals surface area contributed by atoms with E-state index in [0.717, 1.165) is 32.4 Å². The molecule has 0 radical (unpaired) electrons. The van der Waals surface area contributed by atoms with Crippen LogP contribution in [0.4, 0.5) is 11.4 Å². The number of hydrogen-bond acceptors (Lipinski definition) is 3. The normalized spacial score (nSPS) is 25.3. The molecule has 3 N–H and O–H groups in total. The molecule has 0 aromatic heterocycles. The molecule has 1 heterocycles. The van der Waals surface area contributed by atoms with Crippen molar-refractivity contribution in [3.63, 3.8) is 0 Å². The van der Waals surface area contributed by atoms with Gasteiger partial charge in [-0.1, -0.05) is 24.4 Å². The van der Waals surface area contributed by atoms with Crippen molar-refractivity contribution in [2.24, 2.45) is 11.3 Å². The molecule has 0 spiro atoms. The molecule has 1 aliphatic heterocycles. The van der Waals surface area contributed by atoms with Gasteiger partial charge < -0.3 is 16.0 Å². The van der Waals surface area contributed by atoms with Crippen LogP contribution in [0.2, 0.25) is 5.02 Å². The molecule has 1 aliphatic carbocycles. The molecule has 132 valence electrons. The minimum Gasteiger partial charge on any atom is -0.326 e. The van der Waals surface area contributed by atoms with Gasteiger partial charge in [-0.3, -0.25) is 9.59 Å². The smallest absolute Gasteiger partial charge is 0.232 e. The average molecular weight is 372 g/mol. The van der Waals surface area contributed by atoms with Crippen LogP contribution in [-0.2, 0) is 9.59 Å². The van der Waals surface area contributed by atoms with Gasteiger partial charge in [0, 0.05) is 19.2 Å². The second kappa shape index (κ2) is 7.72. The Hall–Kier alpha value is -1.30. The first-order chi connectivity index (χ1) is 11.0. The Bertz CT molecular complexity index is 638. The average Bonchev–Trinajstić information content (AvgIpc) is 2.94. The van der Waals surface area contributed by atoms with E-state index in [0.29, 0.717) is 22.3 Å². The van der Waals surface area contributed by atoms with Crippen LogP contribution in [0.3, 0.4) is 0 Å². The lowest BCUT2D eigenvalue weighted by Crippen LogP contribution is -2.44. The summed E-state index contributed by atoms with van der Waals surface area (Å²) in [5, 5.41) is 9.48. The summed E-state index contributed by atoms with van der Waals surface area (Å²) in [6.07, 6.45) is 4.34. The summed E-state index contributed by atoms with van der Waals surface area (Å²) >= 11 is 6.25. The van der Waals surface area contributed by atoms with Crippen LogP contribution >= 0.6 is 24.0 Å². The highest BCUT2D eigenvalue weighted by atomic mass is 35.5. The highest BCUT2D eigenvalue weighted by molar-refractivity contribution is 6.34. The van der Waals surface area contributed by atoms with Crippen LogP contribution in [0.25, 0.3) is 0 Å². The van der Waals surface area contributed by atoms with E-state index in [-0.39, 0.29) is 29.6 Å². The zero-order chi connectivity index (χ0) is 16.4. The van der Waals surface area contributed by atoms with E-state index in [9.17, 15) is 9.59 Å². The standard InChI is InChI=1S/C17H22ClN3O2.ClH/c1-11(22)20-13-5-6-15(14(18)8-13)21-16(23)17-7-3-2-4-12(17)9-19-10-17;/h5-6,8,12,19H,2-4,7,9-10H2,1H3,(H,20,22)(H,21,23);1H/t12-,17+;/m0./s1. The Morgan fingerprint density at radius 1 is 1.29 bits per heavy atom. The van der Waals surface area contributed by atoms with Gasteiger partial charge in [0.1, 0.15) is 0 Å². The lowest BCUT2D eigenvalue weighted by molar-refractivity contribution is -0.128. The third-order valence-corrected chi connectivity index (χ3v) is 5.34. The van der Waals surface area contributed by atoms with Crippen molar-refractivity contribution in [2.45, 2.75) is 32.6 Å². The lowest BCUT2D eigenvalue weighted by Gasteiger charge is -2.37. The molecule has 7 heteroatoms. The van der Waals surface area contributed by atoms with Crippen molar-refractivity contribution in [2.75, 3.05) is 23.7 Å². The van der Waals surface area contributed by atoms with Gasteiger partial charge in [-0.05, 0) is 43.5 Å². The molecule has 0 unspecified atom stereocenters. The van der Waals surface area contributed by atoms with Gasteiger partial charge in [0.05, 0.1) is 16.1 Å². The number of amides is 2. The van der Waals surface area contributed by atoms with Crippen LogP contribution in [0.1, 0.15) is 32.6 Å². The summed E-state index contributed by atoms with van der Waals surface area (Å²) < 4.78 is 0. The molecule has 2 aliphatic rings. The molecular formula is C17H23Cl2N3O2. The summed E-state index contributed by atoms with van der Waals surface area (Å²) in [6, 6.07) is 5.13. The van der Waals surface area contributed by atoms with Gasteiger partial charge in [0.2, 0.25) is 11.8 Å². The fourth-order valence-corrected chi connectivity index (χ4v) is 4.06. The van der Waals surface area contributed by atoms with Crippen molar-refractivity contribution < 1.29 is 9.59 Å². The van der Waals surface area contributed by atoms with Crippen LogP contribution in [0.5, 0.6) is 0 Å². The maximum atomic E-state index is 12.9. The molecule has 2 fully saturated rings. The molecule has 0 bridgehead atoms. The molecule has 3 rings (SSSR count). The molecule has 1 aromatic rings. The number of carbonyl (C=O) groups is 2. The number of fused-ring (bicyclic) bond motifs is 1. The first-order valence-electron chi connectivity index (χ1n) is 8.10. The van der Waals surface area contributed by atoms with Gasteiger partial charge in [0.15, 0.2) is 0 Å². The van der Waals surface area contributed by atoms with E-state index in [1.54, 1.807) is 18.2 Å². The number of nitrogens with one attached hydrogen (secondary N) is 3. The zero-order valence-corrected chi connectivity index (χ0v) is 15.2. The van der Waals surface area contributed by atoms with E-state index in [2.05, 4.69) is 16.0 Å². The second-order valence-electron chi connectivity index (χ2n) is 6.56. The minimum absolute atomic E-state index is 0. The topological polar surface area (TPSA) is 70.2 Å². The van der Waals surface area contributed by atoms with Gasteiger partial charge in [0.25, 0.3) is 0 Å². The number of rotatable bonds is 3. The zero-order valence-electron chi connectivity index (χ0n) is 13.7. The Labute approximate surface area is 153 Å². The maximum Gasteiger partial charge on any atom is 0.232 e. The fourth-order valence-electron chi connectivity index (χ4n) is 3.83. The second-order valence-corrected chi connectivity index (χ2v) is 6.97. The van der Waals surface area contributed by atoms with Crippen LogP contribution < -0.4 is 16.0 Å². The van der Waals surface area contributed by atoms with Crippen LogP contribution in [-0.4, -0.2) is 24.9 Å². The molecule has 24 heavy (non-hydrogen) atoms. The third kappa shape index (κ3) is 3.68. The maximum absolute atomic E-state index is 12.9. The van der Waals surface area contributed by atoms with E-state index >= 15 is 0 Å². The van der Waals surface area contributed by atoms with E-state index in [4.69, 9.17) is 11.6 Å². The van der Waals surface area contributed by atoms with Crippen molar-refractivity contribution in [3.8, 4) is 0 Å². The van der Waals surface area contributed by atoms with Gasteiger partial charge >= 0.3 is 0 Å². The minimum atomic E-state index is -0.308. The molecule has 1 saturated carbocycles. The SMILES string of the molecule is CC(=O)Nc1ccc(NC(=O)[C@@]23CCCC[C@H]2CNC3)c(Cl)c1.Cl. The lowest BCUT2D eigenvalue weighted by atomic mass is 9.67. The van der Waals surface area contributed by atoms with Crippen LogP contribution in [0.15, 0.2) is 18.2 Å². The molecule has 2 amide bonds. The van der Waals surface area contributed by atoms with E-state index < -0.39 is 0 Å². The van der Waals surface area contributed by atoms with Crippen molar-refractivity contribution in [1.29, 1.82) is 0 Å². The van der Waals surface area contributed by atoms with Gasteiger partial charge in [-0.15, -0.1) is 12.4 Å². The Balaban J connectivity index is 0.00000208. The quantitative estimate of drug-likeness (QED) is 0.761. The third-order valence-electron chi connectivity index (χ3n) is 5.03. The highest BCUT2D eigenvalue weighted by Gasteiger charge is 2.49. The number of carbonyl (C=O) groups excluding carboxylic acids is 2. The first kappa shape index (κ1) is 19.0. The molecule has 5 nitrogen and oxygen atoms in total. The van der Waals surface area contributed by atoms with Gasteiger partial charge in [-0.25, -0.2) is 0 Å². The summed E-state index contributed by atoms with van der Waals surface area (Å²) in [7, 11) is 0. The van der Waals surface area contributed by atoms with E-state index in [1.807, 2.05) is 0 Å². The summed E-state index contributed by atoms with van der Waals surface area (Å²) in [5.41, 5.74) is 0.908. The number of anilines is 2. The molecular weight excluding hydrogens is 349 g/mol. The number of hydrogen-bond donors (Lipinski definition) is 3. The van der Waals surface area contributed by atoms with Gasteiger partial charge in [-0.2, -0.15) is 0 Å². The Morgan fingerprint density at radius 2 is 2.08 bits per heavy atom. The predicted octanol–water partition coefficient (Wildman–Crippen LogP) is 3.44. The Morgan fingerprint density at radius 3 is 2.79 bits per heavy atom. The predicted molar refractivity (Wildman–Crippen MR) is 98.9 cm³/mol. The first-order valence-corrected chi connectivity index (χ1v) is 8.48. The summed E-state index contributed by atoms with van der Waals surface area (Å²) in [6.45, 7) is 3.10. The monoisotopic (exact) mass is 371 g/mol. The molecule has 2 atom stereocenters. The summed E-state index contributed by atoms with van der Waals surface area (Å²) in [5.74, 6) is 0.314. The Kier molecular flexibility index (Phi) is 6.12. The van der Waals surface area contributed by atoms with Crippen molar-refractivity contribution in [3.05, 3.63) is 23.2 Å². The van der Waals surface area contributed by atoms with Crippen molar-refractivity contribution in [1.82, 2.24) is 5.32 Å². The summed E-state index contributed by atoms with van der Waals surface area (Å²) in [4.78, 5) is 24.0. The van der Waals surface area contributed by atoms with Crippen molar-refractivity contribution >= 4 is 47.2 Å². The van der Waals surface area contributed by atoms with E-state index in [1.165, 1.54) is 13.3 Å².